The summed E-state index contributed by atoms with van der Waals surface area (Å²) < 4.78 is 0. The van der Waals surface area contributed by atoms with E-state index in [-0.39, 0.29) is 0 Å². The summed E-state index contributed by atoms with van der Waals surface area (Å²) in [5.74, 6) is 0. The summed E-state index contributed by atoms with van der Waals surface area (Å²) in [5, 5.41) is 0. The van der Waals surface area contributed by atoms with Crippen LogP contribution in [0.25, 0.3) is 0 Å². The Morgan fingerprint density at radius 1 is 0.800 bits per heavy atom. The van der Waals surface area contributed by atoms with Gasteiger partial charge in [-0.05, 0) is 12.8 Å². The van der Waals surface area contributed by atoms with Crippen LogP contribution in [0.5, 0.6) is 0 Å². The molecule has 0 N–H and O–H groups in total. The molecule has 0 amide bonds. The molecule has 2 heteroatoms. The summed E-state index contributed by atoms with van der Waals surface area (Å²) in [6.45, 7) is 0. The van der Waals surface area contributed by atoms with Gasteiger partial charge in [0.25, 0.3) is 0 Å². The van der Waals surface area contributed by atoms with E-state index in [0.29, 0.717) is 12.1 Å². The Morgan fingerprint density at radius 3 is 2.07 bits per heavy atom. The van der Waals surface area contributed by atoms with E-state index >= 15 is 0 Å². The Morgan fingerprint density at radius 2 is 1.40 bits per heavy atom. The van der Waals surface area contributed by atoms with E-state index in [1.54, 1.807) is 0 Å². The van der Waals surface area contributed by atoms with Crippen LogP contribution in [0.2, 0.25) is 0 Å². The zero-order valence-electron chi connectivity index (χ0n) is 9.49. The quantitative estimate of drug-likeness (QED) is 0.485. The first-order valence-electron chi connectivity index (χ1n) is 6.41. The monoisotopic (exact) mass is 205 g/mol. The van der Waals surface area contributed by atoms with E-state index in [9.17, 15) is 0 Å². The Labute approximate surface area is 92.9 Å². The smallest absolute Gasteiger partial charge is 0.0898 e. The van der Waals surface area contributed by atoms with Gasteiger partial charge in [-0.25, -0.2) is 9.98 Å². The predicted octanol–water partition coefficient (Wildman–Crippen LogP) is 3.64. The van der Waals surface area contributed by atoms with E-state index in [4.69, 9.17) is 0 Å². The third-order valence-corrected chi connectivity index (χ3v) is 3.46. The molecule has 2 aliphatic rings. The minimum Gasteiger partial charge on any atom is -0.222 e. The van der Waals surface area contributed by atoms with Crippen molar-refractivity contribution >= 4 is 6.01 Å². The van der Waals surface area contributed by atoms with Crippen molar-refractivity contribution in [3.05, 3.63) is 6.42 Å². The van der Waals surface area contributed by atoms with Crippen LogP contribution in [-0.4, -0.2) is 18.1 Å². The molecule has 2 fully saturated rings. The van der Waals surface area contributed by atoms with Gasteiger partial charge in [-0.3, -0.25) is 0 Å². The number of aliphatic imine (C=N–C) groups is 2. The molecule has 0 aromatic carbocycles. The van der Waals surface area contributed by atoms with Gasteiger partial charge in [0.15, 0.2) is 0 Å². The van der Waals surface area contributed by atoms with Crippen molar-refractivity contribution in [2.24, 2.45) is 9.98 Å². The molecule has 2 rings (SSSR count). The topological polar surface area (TPSA) is 24.7 Å². The molecule has 0 heterocycles. The highest BCUT2D eigenvalue weighted by Crippen LogP contribution is 2.20. The van der Waals surface area contributed by atoms with Crippen LogP contribution >= 0.6 is 0 Å². The van der Waals surface area contributed by atoms with E-state index in [0.717, 1.165) is 0 Å². The molecular formula is C13H21N2+. The fourth-order valence-electron chi connectivity index (χ4n) is 2.45. The van der Waals surface area contributed by atoms with Gasteiger partial charge in [0.1, 0.15) is 0 Å². The van der Waals surface area contributed by atoms with Gasteiger partial charge < -0.3 is 0 Å². The molecule has 0 bridgehead atoms. The first-order chi connectivity index (χ1) is 7.45. The van der Waals surface area contributed by atoms with Gasteiger partial charge in [-0.15, -0.1) is 0 Å². The predicted molar refractivity (Wildman–Crippen MR) is 63.3 cm³/mol. The second-order valence-corrected chi connectivity index (χ2v) is 4.75. The standard InChI is InChI=1S/C13H21N2/c1-3-7-12(8-4-1)14-11-15-13-9-5-2-6-10-13/h1,12-13H,2-10H2/q+1. The lowest BCUT2D eigenvalue weighted by Crippen LogP contribution is -2.10. The highest BCUT2D eigenvalue weighted by molar-refractivity contribution is 5.42. The number of rotatable bonds is 2. The Balaban J connectivity index is 1.77. The summed E-state index contributed by atoms with van der Waals surface area (Å²) in [6, 6.07) is 3.99. The lowest BCUT2D eigenvalue weighted by molar-refractivity contribution is 0.444. The third-order valence-electron chi connectivity index (χ3n) is 3.46. The lowest BCUT2D eigenvalue weighted by atomic mass is 9.96. The molecule has 15 heavy (non-hydrogen) atoms. The molecule has 0 aliphatic heterocycles. The van der Waals surface area contributed by atoms with Gasteiger partial charge in [-0.1, -0.05) is 19.3 Å². The second-order valence-electron chi connectivity index (χ2n) is 4.75. The maximum absolute atomic E-state index is 4.45. The van der Waals surface area contributed by atoms with Crippen molar-refractivity contribution < 1.29 is 0 Å². The molecule has 0 radical (unpaired) electrons. The fraction of sp³-hybridized carbons (Fsp3) is 0.846. The number of hydrogen-bond donors (Lipinski definition) is 0. The summed E-state index contributed by atoms with van der Waals surface area (Å²) in [7, 11) is 0. The van der Waals surface area contributed by atoms with Crippen molar-refractivity contribution in [3.8, 4) is 0 Å². The molecule has 2 saturated carbocycles. The maximum Gasteiger partial charge on any atom is 0.0898 e. The van der Waals surface area contributed by atoms with Crippen LogP contribution in [0.1, 0.15) is 57.8 Å². The molecule has 0 unspecified atom stereocenters. The molecular weight excluding hydrogens is 184 g/mol. The zero-order valence-corrected chi connectivity index (χ0v) is 9.49. The van der Waals surface area contributed by atoms with Crippen LogP contribution in [-0.2, 0) is 0 Å². The third kappa shape index (κ3) is 3.71. The number of hydrogen-bond acceptors (Lipinski definition) is 2. The molecule has 0 spiro atoms. The minimum absolute atomic E-state index is 0.502. The maximum atomic E-state index is 4.45. The molecule has 82 valence electrons. The fourth-order valence-corrected chi connectivity index (χ4v) is 2.45. The van der Waals surface area contributed by atoms with Crippen LogP contribution in [0.3, 0.4) is 0 Å². The molecule has 0 aromatic heterocycles. The summed E-state index contributed by atoms with van der Waals surface area (Å²) in [6.07, 6.45) is 13.8. The van der Waals surface area contributed by atoms with Gasteiger partial charge in [-0.2, -0.15) is 0 Å². The van der Waals surface area contributed by atoms with E-state index in [1.807, 2.05) is 0 Å². The van der Waals surface area contributed by atoms with Gasteiger partial charge >= 0.3 is 0 Å². The normalized spacial score (nSPS) is 24.0. The average Bonchev–Trinajstić information content (AvgIpc) is 2.32. The Bertz CT molecular complexity index is 207. The largest absolute Gasteiger partial charge is 0.222 e. The van der Waals surface area contributed by atoms with Crippen LogP contribution < -0.4 is 0 Å². The van der Waals surface area contributed by atoms with Gasteiger partial charge in [0.05, 0.1) is 37.4 Å². The van der Waals surface area contributed by atoms with Gasteiger partial charge in [0, 0.05) is 12.8 Å². The Hall–Kier alpha value is -0.750. The highest BCUT2D eigenvalue weighted by atomic mass is 14.9. The highest BCUT2D eigenvalue weighted by Gasteiger charge is 2.17. The van der Waals surface area contributed by atoms with Crippen LogP contribution in [0, 0.1) is 6.42 Å². The van der Waals surface area contributed by atoms with Crippen molar-refractivity contribution in [1.29, 1.82) is 0 Å². The van der Waals surface area contributed by atoms with Crippen LogP contribution in [0.4, 0.5) is 0 Å². The molecule has 0 saturated heterocycles. The lowest BCUT2D eigenvalue weighted by Gasteiger charge is -2.15. The SMILES string of the molecule is C(=NC1CC[CH+]CC1)=NC1CCCCC1. The first-order valence-corrected chi connectivity index (χ1v) is 6.41. The van der Waals surface area contributed by atoms with E-state index in [2.05, 4.69) is 22.4 Å². The molecule has 2 aliphatic carbocycles. The van der Waals surface area contributed by atoms with Crippen molar-refractivity contribution in [2.75, 3.05) is 0 Å². The molecule has 0 atom stereocenters. The van der Waals surface area contributed by atoms with Crippen molar-refractivity contribution in [3.63, 3.8) is 0 Å². The first kappa shape index (κ1) is 10.8. The summed E-state index contributed by atoms with van der Waals surface area (Å²) in [4.78, 5) is 8.89. The van der Waals surface area contributed by atoms with Crippen molar-refractivity contribution in [2.45, 2.75) is 69.9 Å². The summed E-state index contributed by atoms with van der Waals surface area (Å²) in [5.41, 5.74) is 0. The zero-order chi connectivity index (χ0) is 10.3. The second kappa shape index (κ2) is 5.97. The summed E-state index contributed by atoms with van der Waals surface area (Å²) >= 11 is 0. The van der Waals surface area contributed by atoms with Crippen LogP contribution in [0.15, 0.2) is 9.98 Å². The van der Waals surface area contributed by atoms with Crippen molar-refractivity contribution in [1.82, 2.24) is 0 Å². The van der Waals surface area contributed by atoms with E-state index < -0.39 is 0 Å². The average molecular weight is 205 g/mol. The molecule has 0 aromatic rings. The molecule has 2 nitrogen and oxygen atoms in total. The Kier molecular flexibility index (Phi) is 4.28. The number of nitrogens with zero attached hydrogens (tertiary/aromatic N) is 2. The van der Waals surface area contributed by atoms with E-state index in [1.165, 1.54) is 57.8 Å². The van der Waals surface area contributed by atoms with Gasteiger partial charge in [0.2, 0.25) is 0 Å². The minimum atomic E-state index is 0.502.